The molecule has 0 radical (unpaired) electrons. The van der Waals surface area contributed by atoms with Gasteiger partial charge in [0.2, 0.25) is 0 Å². The SMILES string of the molecule is COc1cc2nc(-c3cc(F)ccc3O)nc(NC3CNC[C@H]3C(C)(C)O)c2cc1OC.Cl.NC1=N/C(=C2/CCNC(=O)c3[nH]c4ccccc4c32)C(=O)C1. The number of carbonyl (C=O) groups excluding carboxylic acids is 2. The highest BCUT2D eigenvalue weighted by atomic mass is 35.5. The number of amidine groups is 1. The number of aromatic nitrogens is 3. The van der Waals surface area contributed by atoms with Gasteiger partial charge >= 0.3 is 0 Å². The summed E-state index contributed by atoms with van der Waals surface area (Å²) < 4.78 is 24.8. The van der Waals surface area contributed by atoms with Crippen molar-refractivity contribution < 1.29 is 33.7 Å². The number of nitrogens with two attached hydrogens (primary N) is 1. The van der Waals surface area contributed by atoms with Crippen molar-refractivity contribution in [2.75, 3.05) is 39.2 Å². The fraction of sp³-hybridized carbons (Fsp3) is 0.308. The van der Waals surface area contributed by atoms with E-state index in [9.17, 15) is 24.2 Å². The lowest BCUT2D eigenvalue weighted by Gasteiger charge is -2.31. The number of aliphatic imine (C=N–C) groups is 1. The van der Waals surface area contributed by atoms with E-state index in [1.165, 1.54) is 25.3 Å². The van der Waals surface area contributed by atoms with Crippen molar-refractivity contribution in [3.05, 3.63) is 77.4 Å². The molecule has 0 bridgehead atoms. The minimum absolute atomic E-state index is 0. The Hall–Kier alpha value is -5.77. The number of para-hydroxylation sites is 1. The maximum atomic E-state index is 13.9. The monoisotopic (exact) mass is 772 g/mol. The van der Waals surface area contributed by atoms with Crippen LogP contribution >= 0.6 is 12.4 Å². The first-order chi connectivity index (χ1) is 25.9. The summed E-state index contributed by atoms with van der Waals surface area (Å²) in [4.78, 5) is 41.0. The number of benzene rings is 3. The van der Waals surface area contributed by atoms with Crippen LogP contribution in [0.4, 0.5) is 10.2 Å². The molecule has 2 aromatic heterocycles. The topological polar surface area (TPSA) is 209 Å². The molecule has 0 aliphatic carbocycles. The van der Waals surface area contributed by atoms with Gasteiger partial charge in [0.25, 0.3) is 5.91 Å². The highest BCUT2D eigenvalue weighted by molar-refractivity contribution is 6.20. The summed E-state index contributed by atoms with van der Waals surface area (Å²) in [5.74, 6) is 1.01. The average Bonchev–Trinajstić information content (AvgIpc) is 3.84. The highest BCUT2D eigenvalue weighted by Gasteiger charge is 2.38. The number of fused-ring (bicyclic) bond motifs is 4. The Bertz CT molecular complexity index is 2370. The molecule has 0 spiro atoms. The number of allylic oxidation sites excluding steroid dienone is 1. The van der Waals surface area contributed by atoms with Crippen molar-refractivity contribution in [3.63, 3.8) is 0 Å². The molecule has 14 nitrogen and oxygen atoms in total. The zero-order chi connectivity index (χ0) is 38.3. The molecular formula is C39H42ClFN8O6. The number of aliphatic hydroxyl groups is 1. The van der Waals surface area contributed by atoms with Crippen LogP contribution in [-0.4, -0.2) is 88.2 Å². The van der Waals surface area contributed by atoms with Crippen LogP contribution in [0.5, 0.6) is 17.2 Å². The minimum atomic E-state index is -0.908. The number of anilines is 1. The molecular weight excluding hydrogens is 731 g/mol. The third kappa shape index (κ3) is 7.63. The highest BCUT2D eigenvalue weighted by Crippen LogP contribution is 2.39. The van der Waals surface area contributed by atoms with Gasteiger partial charge < -0.3 is 46.4 Å². The van der Waals surface area contributed by atoms with Crippen LogP contribution in [0.25, 0.3) is 38.8 Å². The van der Waals surface area contributed by atoms with E-state index in [0.717, 1.165) is 22.0 Å². The van der Waals surface area contributed by atoms with E-state index in [1.54, 1.807) is 33.1 Å². The first kappa shape index (κ1) is 38.9. The van der Waals surface area contributed by atoms with Crippen LogP contribution < -0.4 is 31.2 Å². The van der Waals surface area contributed by atoms with E-state index in [0.29, 0.717) is 71.5 Å². The molecule has 3 aliphatic heterocycles. The molecule has 5 aromatic rings. The molecule has 16 heteroatoms. The van der Waals surface area contributed by atoms with Gasteiger partial charge in [-0.25, -0.2) is 19.4 Å². The van der Waals surface area contributed by atoms with Gasteiger partial charge in [0.05, 0.1) is 37.3 Å². The van der Waals surface area contributed by atoms with Gasteiger partial charge in [-0.3, -0.25) is 9.59 Å². The van der Waals surface area contributed by atoms with Gasteiger partial charge in [0.1, 0.15) is 34.6 Å². The lowest BCUT2D eigenvalue weighted by Crippen LogP contribution is -2.42. The zero-order valence-corrected chi connectivity index (χ0v) is 31.4. The second-order valence-corrected chi connectivity index (χ2v) is 13.9. The quantitative estimate of drug-likeness (QED) is 0.118. The molecule has 1 saturated heterocycles. The van der Waals surface area contributed by atoms with Gasteiger partial charge in [-0.1, -0.05) is 18.2 Å². The van der Waals surface area contributed by atoms with E-state index < -0.39 is 11.4 Å². The predicted molar refractivity (Wildman–Crippen MR) is 210 cm³/mol. The normalized spacial score (nSPS) is 19.5. The molecule has 3 aliphatic rings. The molecule has 8 rings (SSSR count). The number of Topliss-reactive ketones (excluding diaryl/α,β-unsaturated/α-hetero) is 1. The third-order valence-electron chi connectivity index (χ3n) is 9.89. The number of hydrogen-bond donors (Lipinski definition) is 7. The van der Waals surface area contributed by atoms with Crippen molar-refractivity contribution >= 4 is 63.1 Å². The van der Waals surface area contributed by atoms with Crippen LogP contribution in [0.3, 0.4) is 0 Å². The van der Waals surface area contributed by atoms with E-state index in [-0.39, 0.29) is 59.6 Å². The second-order valence-electron chi connectivity index (χ2n) is 13.9. The Morgan fingerprint density at radius 2 is 1.75 bits per heavy atom. The second kappa shape index (κ2) is 15.5. The summed E-state index contributed by atoms with van der Waals surface area (Å²) in [6.45, 7) is 5.31. The number of ketones is 1. The maximum Gasteiger partial charge on any atom is 0.268 e. The van der Waals surface area contributed by atoms with Gasteiger partial charge in [0, 0.05) is 59.5 Å². The third-order valence-corrected chi connectivity index (χ3v) is 9.89. The van der Waals surface area contributed by atoms with Gasteiger partial charge in [-0.2, -0.15) is 0 Å². The molecule has 2 atom stereocenters. The number of nitrogens with zero attached hydrogens (tertiary/aromatic N) is 3. The van der Waals surface area contributed by atoms with E-state index in [4.69, 9.17) is 15.2 Å². The van der Waals surface area contributed by atoms with Gasteiger partial charge in [0.15, 0.2) is 23.1 Å². The molecule has 8 N–H and O–H groups in total. The van der Waals surface area contributed by atoms with Gasteiger partial charge in [-0.15, -0.1) is 12.4 Å². The van der Waals surface area contributed by atoms with Crippen LogP contribution in [0.15, 0.2) is 65.3 Å². The number of phenols is 1. The van der Waals surface area contributed by atoms with Crippen LogP contribution in [0.1, 0.15) is 42.7 Å². The number of aromatic amines is 1. The number of hydrogen-bond acceptors (Lipinski definition) is 12. The average molecular weight is 773 g/mol. The maximum absolute atomic E-state index is 13.9. The van der Waals surface area contributed by atoms with Crippen molar-refractivity contribution in [1.29, 1.82) is 0 Å². The summed E-state index contributed by atoms with van der Waals surface area (Å²) in [6, 6.07) is 14.7. The fourth-order valence-corrected chi connectivity index (χ4v) is 7.23. The van der Waals surface area contributed by atoms with Crippen LogP contribution in [-0.2, 0) is 4.79 Å². The Morgan fingerprint density at radius 1 is 1.00 bits per heavy atom. The first-order valence-corrected chi connectivity index (χ1v) is 17.5. The summed E-state index contributed by atoms with van der Waals surface area (Å²) in [7, 11) is 3.07. The van der Waals surface area contributed by atoms with Crippen LogP contribution in [0.2, 0.25) is 0 Å². The first-order valence-electron chi connectivity index (χ1n) is 17.5. The molecule has 1 amide bonds. The molecule has 288 valence electrons. The summed E-state index contributed by atoms with van der Waals surface area (Å²) in [5.41, 5.74) is 8.79. The Morgan fingerprint density at radius 3 is 2.45 bits per heavy atom. The Labute approximate surface area is 321 Å². The summed E-state index contributed by atoms with van der Waals surface area (Å²) >= 11 is 0. The van der Waals surface area contributed by atoms with E-state index in [2.05, 4.69) is 35.9 Å². The molecule has 55 heavy (non-hydrogen) atoms. The largest absolute Gasteiger partial charge is 0.507 e. The molecule has 5 heterocycles. The Balaban J connectivity index is 0.000000195. The van der Waals surface area contributed by atoms with E-state index in [1.807, 2.05) is 24.3 Å². The fourth-order valence-electron chi connectivity index (χ4n) is 7.23. The summed E-state index contributed by atoms with van der Waals surface area (Å²) in [5, 5.41) is 32.1. The zero-order valence-electron chi connectivity index (χ0n) is 30.6. The van der Waals surface area contributed by atoms with E-state index >= 15 is 0 Å². The lowest BCUT2D eigenvalue weighted by molar-refractivity contribution is -0.114. The number of aromatic hydroxyl groups is 1. The summed E-state index contributed by atoms with van der Waals surface area (Å²) in [6.07, 6.45) is 0.705. The number of phenolic OH excluding ortho intramolecular Hbond substituents is 1. The van der Waals surface area contributed by atoms with Gasteiger partial charge in [-0.05, 0) is 56.2 Å². The smallest absolute Gasteiger partial charge is 0.268 e. The number of amides is 1. The number of H-pyrrole nitrogens is 1. The van der Waals surface area contributed by atoms with Crippen molar-refractivity contribution in [1.82, 2.24) is 25.6 Å². The number of rotatable bonds is 6. The predicted octanol–water partition coefficient (Wildman–Crippen LogP) is 4.69. The number of nitrogens with one attached hydrogen (secondary N) is 4. The molecule has 1 fully saturated rings. The molecule has 1 unspecified atom stereocenters. The standard InChI is InChI=1S/C23H27FN4O4.C16H14N4O2.ClH/c1-23(2,30)15-10-25-11-17(15)27-21-13-8-19(31-3)20(32-4)9-16(13)26-22(28-21)14-7-12(24)5-6-18(14)29;17-12-7-11(21)14(20-12)9-5-6-18-16(22)15-13(9)8-3-1-2-4-10(8)19-15;/h5-9,15,17,25,29-30H,10-11H2,1-4H3,(H,26,27,28);1-4,19H,5-7H2,(H2,17,20)(H,18,22);1H/b;14-9-;/t15-,17?;;/m1../s1. The van der Waals surface area contributed by atoms with Crippen molar-refractivity contribution in [2.45, 2.75) is 38.3 Å². The molecule has 3 aromatic carbocycles. The number of halogens is 2. The number of methoxy groups -OCH3 is 2. The lowest BCUT2D eigenvalue weighted by atomic mass is 9.87. The number of ether oxygens (including phenoxy) is 2. The Kier molecular flexibility index (Phi) is 11.0. The minimum Gasteiger partial charge on any atom is -0.507 e. The number of carbonyl (C=O) groups is 2. The van der Waals surface area contributed by atoms with Crippen LogP contribution in [0, 0.1) is 11.7 Å². The van der Waals surface area contributed by atoms with Crippen molar-refractivity contribution in [3.8, 4) is 28.6 Å². The molecule has 0 saturated carbocycles. The van der Waals surface area contributed by atoms with Crippen molar-refractivity contribution in [2.24, 2.45) is 16.6 Å².